The van der Waals surface area contributed by atoms with Crippen LogP contribution in [0.4, 0.5) is 5.69 Å². The molecule has 2 rings (SSSR count). The minimum absolute atomic E-state index is 0.199. The SMILES string of the molecule is Cc1cc(Cl)ccc1N1CC(CN)CCC1(C)C. The number of nitrogens with zero attached hydrogens (tertiary/aromatic N) is 1. The Kier molecular flexibility index (Phi) is 3.88. The van der Waals surface area contributed by atoms with E-state index in [0.29, 0.717) is 5.92 Å². The van der Waals surface area contributed by atoms with Crippen molar-refractivity contribution < 1.29 is 0 Å². The molecule has 1 unspecified atom stereocenters. The fourth-order valence-corrected chi connectivity index (χ4v) is 3.05. The summed E-state index contributed by atoms with van der Waals surface area (Å²) in [5.41, 5.74) is 8.58. The van der Waals surface area contributed by atoms with Crippen LogP contribution in [-0.4, -0.2) is 18.6 Å². The molecule has 1 aliphatic rings. The second kappa shape index (κ2) is 5.10. The van der Waals surface area contributed by atoms with Crippen LogP contribution in [0.1, 0.15) is 32.3 Å². The minimum Gasteiger partial charge on any atom is -0.366 e. The molecule has 2 N–H and O–H groups in total. The molecular formula is C15H23ClN2. The van der Waals surface area contributed by atoms with E-state index in [2.05, 4.69) is 31.7 Å². The van der Waals surface area contributed by atoms with E-state index in [1.807, 2.05) is 12.1 Å². The lowest BCUT2D eigenvalue weighted by atomic mass is 9.84. The number of aryl methyl sites for hydroxylation is 1. The second-order valence-corrected chi connectivity index (χ2v) is 6.43. The van der Waals surface area contributed by atoms with Gasteiger partial charge in [0.15, 0.2) is 0 Å². The molecule has 1 heterocycles. The molecule has 18 heavy (non-hydrogen) atoms. The van der Waals surface area contributed by atoms with Crippen LogP contribution < -0.4 is 10.6 Å². The predicted molar refractivity (Wildman–Crippen MR) is 79.4 cm³/mol. The molecule has 3 heteroatoms. The van der Waals surface area contributed by atoms with E-state index in [0.717, 1.165) is 18.1 Å². The topological polar surface area (TPSA) is 29.3 Å². The Labute approximate surface area is 115 Å². The van der Waals surface area contributed by atoms with Crippen LogP contribution >= 0.6 is 11.6 Å². The zero-order valence-corrected chi connectivity index (χ0v) is 12.3. The largest absolute Gasteiger partial charge is 0.366 e. The average molecular weight is 267 g/mol. The van der Waals surface area contributed by atoms with Gasteiger partial charge in [-0.3, -0.25) is 0 Å². The van der Waals surface area contributed by atoms with Gasteiger partial charge in [-0.2, -0.15) is 0 Å². The molecule has 100 valence electrons. The lowest BCUT2D eigenvalue weighted by Crippen LogP contribution is -2.52. The molecule has 0 radical (unpaired) electrons. The number of anilines is 1. The molecule has 0 aromatic heterocycles. The van der Waals surface area contributed by atoms with Crippen molar-refractivity contribution in [2.24, 2.45) is 11.7 Å². The Balaban J connectivity index is 2.33. The van der Waals surface area contributed by atoms with Crippen molar-refractivity contribution in [1.29, 1.82) is 0 Å². The Hall–Kier alpha value is -0.730. The number of hydrogen-bond donors (Lipinski definition) is 1. The molecule has 1 aromatic rings. The van der Waals surface area contributed by atoms with Crippen LogP contribution in [0, 0.1) is 12.8 Å². The van der Waals surface area contributed by atoms with Gasteiger partial charge in [-0.15, -0.1) is 0 Å². The van der Waals surface area contributed by atoms with Crippen LogP contribution in [0.2, 0.25) is 5.02 Å². The molecule has 0 saturated carbocycles. The van der Waals surface area contributed by atoms with Gasteiger partial charge < -0.3 is 10.6 Å². The third-order valence-corrected chi connectivity index (χ3v) is 4.35. The number of nitrogens with two attached hydrogens (primary N) is 1. The van der Waals surface area contributed by atoms with E-state index < -0.39 is 0 Å². The second-order valence-electron chi connectivity index (χ2n) is 5.99. The molecule has 1 atom stereocenters. The van der Waals surface area contributed by atoms with Crippen LogP contribution in [0.3, 0.4) is 0 Å². The summed E-state index contributed by atoms with van der Waals surface area (Å²) in [5, 5.41) is 0.807. The van der Waals surface area contributed by atoms with Gasteiger partial charge in [0.1, 0.15) is 0 Å². The minimum atomic E-state index is 0.199. The van der Waals surface area contributed by atoms with Crippen molar-refractivity contribution in [2.45, 2.75) is 39.2 Å². The summed E-state index contributed by atoms with van der Waals surface area (Å²) in [6.45, 7) is 8.58. The molecule has 2 nitrogen and oxygen atoms in total. The highest BCUT2D eigenvalue weighted by molar-refractivity contribution is 6.30. The van der Waals surface area contributed by atoms with Crippen molar-refractivity contribution in [3.05, 3.63) is 28.8 Å². The molecule has 1 saturated heterocycles. The van der Waals surface area contributed by atoms with E-state index in [1.54, 1.807) is 0 Å². The third kappa shape index (κ3) is 2.65. The van der Waals surface area contributed by atoms with Crippen molar-refractivity contribution >= 4 is 17.3 Å². The average Bonchev–Trinajstić information content (AvgIpc) is 2.30. The summed E-state index contributed by atoms with van der Waals surface area (Å²) in [6.07, 6.45) is 2.42. The van der Waals surface area contributed by atoms with Gasteiger partial charge in [-0.1, -0.05) is 11.6 Å². The summed E-state index contributed by atoms with van der Waals surface area (Å²) in [4.78, 5) is 2.50. The van der Waals surface area contributed by atoms with E-state index in [4.69, 9.17) is 17.3 Å². The number of hydrogen-bond acceptors (Lipinski definition) is 2. The number of rotatable bonds is 2. The fourth-order valence-electron chi connectivity index (χ4n) is 2.83. The summed E-state index contributed by atoms with van der Waals surface area (Å²) < 4.78 is 0. The maximum atomic E-state index is 6.04. The molecule has 1 aromatic carbocycles. The van der Waals surface area contributed by atoms with Gasteiger partial charge in [0.05, 0.1) is 0 Å². The maximum Gasteiger partial charge on any atom is 0.0410 e. The molecule has 0 bridgehead atoms. The first-order valence-corrected chi connectivity index (χ1v) is 7.05. The molecule has 1 fully saturated rings. The highest BCUT2D eigenvalue weighted by Gasteiger charge is 2.34. The van der Waals surface area contributed by atoms with Gasteiger partial charge in [-0.25, -0.2) is 0 Å². The van der Waals surface area contributed by atoms with Gasteiger partial charge in [0.25, 0.3) is 0 Å². The van der Waals surface area contributed by atoms with Crippen LogP contribution in [0.25, 0.3) is 0 Å². The number of piperidine rings is 1. The quantitative estimate of drug-likeness (QED) is 0.886. The van der Waals surface area contributed by atoms with Gasteiger partial charge in [-0.05, 0) is 69.8 Å². The van der Waals surface area contributed by atoms with E-state index >= 15 is 0 Å². The van der Waals surface area contributed by atoms with Gasteiger partial charge in [0.2, 0.25) is 0 Å². The number of halogens is 1. The molecule has 1 aliphatic heterocycles. The Morgan fingerprint density at radius 2 is 2.17 bits per heavy atom. The van der Waals surface area contributed by atoms with Crippen molar-refractivity contribution in [1.82, 2.24) is 0 Å². The van der Waals surface area contributed by atoms with Gasteiger partial charge >= 0.3 is 0 Å². The Bertz CT molecular complexity index is 429. The van der Waals surface area contributed by atoms with E-state index in [-0.39, 0.29) is 5.54 Å². The van der Waals surface area contributed by atoms with E-state index in [1.165, 1.54) is 24.1 Å². The fraction of sp³-hybridized carbons (Fsp3) is 0.600. The standard InChI is InChI=1S/C15H23ClN2/c1-11-8-13(16)4-5-14(11)18-10-12(9-17)6-7-15(18,2)3/h4-5,8,12H,6-7,9-10,17H2,1-3H3. The first-order chi connectivity index (χ1) is 8.44. The summed E-state index contributed by atoms with van der Waals surface area (Å²) in [6, 6.07) is 6.16. The smallest absolute Gasteiger partial charge is 0.0410 e. The predicted octanol–water partition coefficient (Wildman–Crippen LogP) is 3.60. The first kappa shape index (κ1) is 13.7. The van der Waals surface area contributed by atoms with Crippen molar-refractivity contribution in [3.8, 4) is 0 Å². The van der Waals surface area contributed by atoms with Crippen LogP contribution in [0.15, 0.2) is 18.2 Å². The maximum absolute atomic E-state index is 6.04. The summed E-state index contributed by atoms with van der Waals surface area (Å²) in [7, 11) is 0. The highest BCUT2D eigenvalue weighted by atomic mass is 35.5. The highest BCUT2D eigenvalue weighted by Crippen LogP contribution is 2.36. The Morgan fingerprint density at radius 1 is 1.44 bits per heavy atom. The zero-order chi connectivity index (χ0) is 13.3. The third-order valence-electron chi connectivity index (χ3n) is 4.12. The molecule has 0 amide bonds. The molecule has 0 aliphatic carbocycles. The normalized spacial score (nSPS) is 23.2. The molecule has 0 spiro atoms. The lowest BCUT2D eigenvalue weighted by molar-refractivity contribution is 0.294. The Morgan fingerprint density at radius 3 is 2.78 bits per heavy atom. The van der Waals surface area contributed by atoms with Crippen LogP contribution in [-0.2, 0) is 0 Å². The van der Waals surface area contributed by atoms with Crippen molar-refractivity contribution in [3.63, 3.8) is 0 Å². The lowest BCUT2D eigenvalue weighted by Gasteiger charge is -2.47. The van der Waals surface area contributed by atoms with Crippen LogP contribution in [0.5, 0.6) is 0 Å². The van der Waals surface area contributed by atoms with Gasteiger partial charge in [0, 0.05) is 22.8 Å². The summed E-state index contributed by atoms with van der Waals surface area (Å²) in [5.74, 6) is 0.605. The first-order valence-electron chi connectivity index (χ1n) is 6.68. The van der Waals surface area contributed by atoms with Crippen molar-refractivity contribution in [2.75, 3.05) is 18.0 Å². The van der Waals surface area contributed by atoms with E-state index in [9.17, 15) is 0 Å². The zero-order valence-electron chi connectivity index (χ0n) is 11.5. The monoisotopic (exact) mass is 266 g/mol. The summed E-state index contributed by atoms with van der Waals surface area (Å²) >= 11 is 6.04. The molecular weight excluding hydrogens is 244 g/mol. The number of benzene rings is 1.